The van der Waals surface area contributed by atoms with Gasteiger partial charge in [0.25, 0.3) is 5.91 Å². The fourth-order valence-corrected chi connectivity index (χ4v) is 3.25. The van der Waals surface area contributed by atoms with Crippen LogP contribution >= 0.6 is 11.6 Å². The molecule has 0 fully saturated rings. The summed E-state index contributed by atoms with van der Waals surface area (Å²) in [6, 6.07) is 11.4. The number of benzene rings is 2. The number of hydrogen-bond donors (Lipinski definition) is 2. The Labute approximate surface area is 158 Å². The molecule has 8 heteroatoms. The zero-order valence-electron chi connectivity index (χ0n) is 14.6. The molecule has 1 amide bonds. The number of aryl methyl sites for hydroxylation is 2. The molecule has 2 N–H and O–H groups in total. The summed E-state index contributed by atoms with van der Waals surface area (Å²) >= 11 is 5.74. The van der Waals surface area contributed by atoms with Crippen molar-refractivity contribution in [2.75, 3.05) is 19.7 Å². The molecule has 0 aliphatic rings. The number of nitrogens with one attached hydrogen (secondary N) is 2. The van der Waals surface area contributed by atoms with Crippen molar-refractivity contribution in [1.29, 1.82) is 0 Å². The summed E-state index contributed by atoms with van der Waals surface area (Å²) in [4.78, 5) is 11.9. The van der Waals surface area contributed by atoms with Gasteiger partial charge in [-0.1, -0.05) is 17.7 Å². The minimum absolute atomic E-state index is 0.0698. The monoisotopic (exact) mass is 396 g/mol. The van der Waals surface area contributed by atoms with Gasteiger partial charge in [-0.25, -0.2) is 13.1 Å². The summed E-state index contributed by atoms with van der Waals surface area (Å²) in [5, 5.41) is 3.06. The first kappa shape index (κ1) is 20.2. The van der Waals surface area contributed by atoms with Crippen molar-refractivity contribution < 1.29 is 17.9 Å². The average Bonchev–Trinajstić information content (AvgIpc) is 2.60. The lowest BCUT2D eigenvalue weighted by molar-refractivity contribution is -0.123. The molecule has 140 valence electrons. The van der Waals surface area contributed by atoms with E-state index in [1.165, 1.54) is 24.3 Å². The maximum absolute atomic E-state index is 12.1. The van der Waals surface area contributed by atoms with Crippen molar-refractivity contribution in [1.82, 2.24) is 10.0 Å². The third-order valence-corrected chi connectivity index (χ3v) is 5.44. The van der Waals surface area contributed by atoms with Crippen molar-refractivity contribution in [3.05, 3.63) is 58.6 Å². The first-order valence-electron chi connectivity index (χ1n) is 8.00. The molecular formula is C18H21ClN2O4S. The number of ether oxygens (including phenoxy) is 1. The number of carbonyl (C=O) groups excluding carboxylic acids is 1. The van der Waals surface area contributed by atoms with Crippen LogP contribution in [0.25, 0.3) is 0 Å². The zero-order chi connectivity index (χ0) is 19.2. The minimum atomic E-state index is -3.63. The predicted octanol–water partition coefficient (Wildman–Crippen LogP) is 2.43. The third kappa shape index (κ3) is 6.01. The number of amides is 1. The molecule has 0 bridgehead atoms. The summed E-state index contributed by atoms with van der Waals surface area (Å²) < 4.78 is 32.0. The fourth-order valence-electron chi connectivity index (χ4n) is 2.09. The Hall–Kier alpha value is -2.09. The number of halogens is 1. The Kier molecular flexibility index (Phi) is 7.02. The highest BCUT2D eigenvalue weighted by Crippen LogP contribution is 2.16. The average molecular weight is 397 g/mol. The molecule has 2 rings (SSSR count). The van der Waals surface area contributed by atoms with Gasteiger partial charge in [0.2, 0.25) is 10.0 Å². The second-order valence-electron chi connectivity index (χ2n) is 5.74. The molecule has 0 heterocycles. The van der Waals surface area contributed by atoms with Crippen molar-refractivity contribution in [2.24, 2.45) is 0 Å². The van der Waals surface area contributed by atoms with E-state index in [-0.39, 0.29) is 30.5 Å². The van der Waals surface area contributed by atoms with Crippen molar-refractivity contribution in [2.45, 2.75) is 18.7 Å². The summed E-state index contributed by atoms with van der Waals surface area (Å²) in [7, 11) is -3.63. The van der Waals surface area contributed by atoms with Gasteiger partial charge >= 0.3 is 0 Å². The summed E-state index contributed by atoms with van der Waals surface area (Å²) in [6.45, 7) is 4.06. The first-order chi connectivity index (χ1) is 12.3. The molecule has 0 atom stereocenters. The maximum atomic E-state index is 12.1. The molecule has 6 nitrogen and oxygen atoms in total. The summed E-state index contributed by atoms with van der Waals surface area (Å²) in [6.07, 6.45) is 0. The van der Waals surface area contributed by atoms with Crippen molar-refractivity contribution >= 4 is 27.5 Å². The van der Waals surface area contributed by atoms with E-state index in [2.05, 4.69) is 10.0 Å². The van der Waals surface area contributed by atoms with Crippen LogP contribution in [0.5, 0.6) is 5.75 Å². The van der Waals surface area contributed by atoms with Gasteiger partial charge in [-0.15, -0.1) is 0 Å². The summed E-state index contributed by atoms with van der Waals surface area (Å²) in [5.74, 6) is 0.292. The fraction of sp³-hybridized carbons (Fsp3) is 0.278. The number of sulfonamides is 1. The molecule has 26 heavy (non-hydrogen) atoms. The zero-order valence-corrected chi connectivity index (χ0v) is 16.2. The van der Waals surface area contributed by atoms with E-state index < -0.39 is 10.0 Å². The second kappa shape index (κ2) is 9.02. The number of carbonyl (C=O) groups is 1. The lowest BCUT2D eigenvalue weighted by Crippen LogP contribution is -2.36. The molecule has 0 saturated heterocycles. The largest absolute Gasteiger partial charge is 0.484 e. The predicted molar refractivity (Wildman–Crippen MR) is 101 cm³/mol. The Morgan fingerprint density at radius 1 is 1.04 bits per heavy atom. The molecule has 0 spiro atoms. The molecule has 0 unspecified atom stereocenters. The van der Waals surface area contributed by atoms with Crippen LogP contribution in [0.4, 0.5) is 0 Å². The van der Waals surface area contributed by atoms with Crippen LogP contribution in [0.2, 0.25) is 5.02 Å². The van der Waals surface area contributed by atoms with Gasteiger partial charge in [0.05, 0.1) is 4.90 Å². The number of rotatable bonds is 8. The summed E-state index contributed by atoms with van der Waals surface area (Å²) in [5.41, 5.74) is 2.23. The molecular weight excluding hydrogens is 376 g/mol. The molecule has 0 aliphatic carbocycles. The molecule has 0 aliphatic heterocycles. The van der Waals surface area contributed by atoms with E-state index >= 15 is 0 Å². The van der Waals surface area contributed by atoms with E-state index in [4.69, 9.17) is 16.3 Å². The highest BCUT2D eigenvalue weighted by Gasteiger charge is 2.13. The third-order valence-electron chi connectivity index (χ3n) is 3.71. The molecule has 2 aromatic carbocycles. The Bertz CT molecular complexity index is 867. The van der Waals surface area contributed by atoms with Gasteiger partial charge in [0.15, 0.2) is 6.61 Å². The highest BCUT2D eigenvalue weighted by molar-refractivity contribution is 7.89. The molecule has 0 aromatic heterocycles. The van der Waals surface area contributed by atoms with Crippen molar-refractivity contribution in [3.8, 4) is 5.75 Å². The van der Waals surface area contributed by atoms with Crippen LogP contribution < -0.4 is 14.8 Å². The standard InChI is InChI=1S/C18H21ClN2O4S/c1-13-3-6-16(11-14(13)2)25-12-18(22)20-9-10-21-26(23,24)17-7-4-15(19)5-8-17/h3-8,11,21H,9-10,12H2,1-2H3,(H,20,22). The van der Waals surface area contributed by atoms with Gasteiger partial charge < -0.3 is 10.1 Å². The van der Waals surface area contributed by atoms with E-state index in [0.29, 0.717) is 10.8 Å². The van der Waals surface area contributed by atoms with Crippen LogP contribution in [0.1, 0.15) is 11.1 Å². The first-order valence-corrected chi connectivity index (χ1v) is 9.86. The Morgan fingerprint density at radius 3 is 2.38 bits per heavy atom. The molecule has 0 radical (unpaired) electrons. The quantitative estimate of drug-likeness (QED) is 0.671. The van der Waals surface area contributed by atoms with E-state index in [0.717, 1.165) is 11.1 Å². The van der Waals surface area contributed by atoms with E-state index in [1.54, 1.807) is 6.07 Å². The van der Waals surface area contributed by atoms with Gasteiger partial charge in [0, 0.05) is 18.1 Å². The Morgan fingerprint density at radius 2 is 1.73 bits per heavy atom. The van der Waals surface area contributed by atoms with Crippen molar-refractivity contribution in [3.63, 3.8) is 0 Å². The van der Waals surface area contributed by atoms with Crippen LogP contribution in [0.15, 0.2) is 47.4 Å². The van der Waals surface area contributed by atoms with Crippen LogP contribution in [0.3, 0.4) is 0 Å². The normalized spacial score (nSPS) is 11.2. The molecule has 2 aromatic rings. The van der Waals surface area contributed by atoms with E-state index in [9.17, 15) is 13.2 Å². The van der Waals surface area contributed by atoms with E-state index in [1.807, 2.05) is 26.0 Å². The number of hydrogen-bond acceptors (Lipinski definition) is 4. The van der Waals surface area contributed by atoms with Gasteiger partial charge in [-0.2, -0.15) is 0 Å². The van der Waals surface area contributed by atoms with Crippen LogP contribution in [-0.2, 0) is 14.8 Å². The lowest BCUT2D eigenvalue weighted by Gasteiger charge is -2.10. The second-order valence-corrected chi connectivity index (χ2v) is 7.94. The van der Waals surface area contributed by atoms with Gasteiger partial charge in [-0.3, -0.25) is 4.79 Å². The minimum Gasteiger partial charge on any atom is -0.484 e. The van der Waals surface area contributed by atoms with Crippen LogP contribution in [-0.4, -0.2) is 34.0 Å². The maximum Gasteiger partial charge on any atom is 0.257 e. The lowest BCUT2D eigenvalue weighted by atomic mass is 10.1. The van der Waals surface area contributed by atoms with Gasteiger partial charge in [-0.05, 0) is 61.4 Å². The smallest absolute Gasteiger partial charge is 0.257 e. The molecule has 0 saturated carbocycles. The van der Waals surface area contributed by atoms with Gasteiger partial charge in [0.1, 0.15) is 5.75 Å². The highest BCUT2D eigenvalue weighted by atomic mass is 35.5. The van der Waals surface area contributed by atoms with Crippen LogP contribution in [0, 0.1) is 13.8 Å². The topological polar surface area (TPSA) is 84.5 Å². The Balaban J connectivity index is 1.72. The SMILES string of the molecule is Cc1ccc(OCC(=O)NCCNS(=O)(=O)c2ccc(Cl)cc2)cc1C.